The molecular weight excluding hydrogens is 398 g/mol. The maximum atomic E-state index is 5.73. The molecule has 1 unspecified atom stereocenters. The fraction of sp³-hybridized carbons (Fsp3) is 0.474. The van der Waals surface area contributed by atoms with Crippen LogP contribution >= 0.6 is 0 Å². The molecule has 12 heteroatoms. The molecule has 1 atom stereocenters. The SMILES string of the molecule is c1cnc(N2CCN(c3ncnc(Nc4cnn(CC5CNCCO5)c4)n3)CC2)nc1. The first-order chi connectivity index (χ1) is 15.3. The van der Waals surface area contributed by atoms with E-state index in [0.717, 1.165) is 57.5 Å². The van der Waals surface area contributed by atoms with Crippen molar-refractivity contribution in [1.82, 2.24) is 40.0 Å². The van der Waals surface area contributed by atoms with Gasteiger partial charge in [0.1, 0.15) is 6.33 Å². The van der Waals surface area contributed by atoms with Crippen LogP contribution in [0, 0.1) is 0 Å². The van der Waals surface area contributed by atoms with E-state index in [-0.39, 0.29) is 6.10 Å². The summed E-state index contributed by atoms with van der Waals surface area (Å²) in [6.45, 7) is 6.36. The van der Waals surface area contributed by atoms with E-state index in [1.54, 1.807) is 18.6 Å². The Kier molecular flexibility index (Phi) is 5.80. The van der Waals surface area contributed by atoms with Crippen molar-refractivity contribution in [3.05, 3.63) is 37.2 Å². The number of ether oxygens (including phenoxy) is 1. The van der Waals surface area contributed by atoms with Crippen molar-refractivity contribution in [3.63, 3.8) is 0 Å². The van der Waals surface area contributed by atoms with Gasteiger partial charge in [-0.2, -0.15) is 10.1 Å². The van der Waals surface area contributed by atoms with E-state index in [2.05, 4.69) is 50.5 Å². The van der Waals surface area contributed by atoms with Crippen LogP contribution in [0.5, 0.6) is 0 Å². The summed E-state index contributed by atoms with van der Waals surface area (Å²) >= 11 is 0. The maximum Gasteiger partial charge on any atom is 0.232 e. The highest BCUT2D eigenvalue weighted by molar-refractivity contribution is 5.51. The molecule has 0 radical (unpaired) electrons. The van der Waals surface area contributed by atoms with E-state index in [1.165, 1.54) is 6.33 Å². The van der Waals surface area contributed by atoms with Crippen molar-refractivity contribution >= 4 is 23.5 Å². The minimum absolute atomic E-state index is 0.130. The molecule has 2 aliphatic rings. The predicted octanol–water partition coefficient (Wildman–Crippen LogP) is -0.0833. The summed E-state index contributed by atoms with van der Waals surface area (Å²) in [5, 5.41) is 10.9. The Hall–Kier alpha value is -3.38. The number of nitrogens with one attached hydrogen (secondary N) is 2. The van der Waals surface area contributed by atoms with Crippen LogP contribution < -0.4 is 20.4 Å². The second-order valence-electron chi connectivity index (χ2n) is 7.40. The number of hydrogen-bond acceptors (Lipinski definition) is 11. The van der Waals surface area contributed by atoms with Crippen molar-refractivity contribution in [3.8, 4) is 0 Å². The van der Waals surface area contributed by atoms with Gasteiger partial charge in [-0.15, -0.1) is 0 Å². The summed E-state index contributed by atoms with van der Waals surface area (Å²) in [7, 11) is 0. The lowest BCUT2D eigenvalue weighted by molar-refractivity contribution is 0.0161. The maximum absolute atomic E-state index is 5.73. The lowest BCUT2D eigenvalue weighted by atomic mass is 10.3. The number of aromatic nitrogens is 7. The lowest BCUT2D eigenvalue weighted by Gasteiger charge is -2.34. The molecule has 3 aromatic heterocycles. The number of hydrogen-bond donors (Lipinski definition) is 2. The standard InChI is InChI=1S/C19H25N11O/c1-2-21-18(22-3-1)28-5-7-29(8-6-28)19-24-14-23-17(27-19)26-15-10-25-30(12-15)13-16-11-20-4-9-31-16/h1-3,10,12,14,16,20H,4-9,11,13H2,(H,23,24,26,27). The van der Waals surface area contributed by atoms with E-state index < -0.39 is 0 Å². The highest BCUT2D eigenvalue weighted by Gasteiger charge is 2.21. The second-order valence-corrected chi connectivity index (χ2v) is 7.40. The van der Waals surface area contributed by atoms with Crippen molar-refractivity contribution in [2.24, 2.45) is 0 Å². The molecule has 31 heavy (non-hydrogen) atoms. The molecule has 162 valence electrons. The topological polar surface area (TPSA) is 122 Å². The smallest absolute Gasteiger partial charge is 0.232 e. The van der Waals surface area contributed by atoms with Gasteiger partial charge in [0.2, 0.25) is 17.8 Å². The highest BCUT2D eigenvalue weighted by Crippen LogP contribution is 2.17. The van der Waals surface area contributed by atoms with Crippen LogP contribution in [-0.4, -0.2) is 86.7 Å². The predicted molar refractivity (Wildman–Crippen MR) is 114 cm³/mol. The summed E-state index contributed by atoms with van der Waals surface area (Å²) in [5.74, 6) is 1.90. The van der Waals surface area contributed by atoms with Crippen molar-refractivity contribution in [1.29, 1.82) is 0 Å². The number of rotatable bonds is 6. The molecule has 2 fully saturated rings. The first-order valence-corrected chi connectivity index (χ1v) is 10.4. The third-order valence-corrected chi connectivity index (χ3v) is 5.24. The van der Waals surface area contributed by atoms with Gasteiger partial charge < -0.3 is 25.2 Å². The monoisotopic (exact) mass is 423 g/mol. The average molecular weight is 423 g/mol. The van der Waals surface area contributed by atoms with Crippen LogP contribution in [0.15, 0.2) is 37.2 Å². The minimum Gasteiger partial charge on any atom is -0.374 e. The molecule has 12 nitrogen and oxygen atoms in total. The Morgan fingerprint density at radius 2 is 1.84 bits per heavy atom. The Bertz CT molecular complexity index is 968. The van der Waals surface area contributed by atoms with Gasteiger partial charge in [-0.05, 0) is 6.07 Å². The van der Waals surface area contributed by atoms with Gasteiger partial charge in [0, 0.05) is 57.9 Å². The summed E-state index contributed by atoms with van der Waals surface area (Å²) in [5.41, 5.74) is 0.826. The van der Waals surface area contributed by atoms with E-state index in [9.17, 15) is 0 Å². The first kappa shape index (κ1) is 19.6. The molecule has 0 aliphatic carbocycles. The molecule has 5 rings (SSSR count). The van der Waals surface area contributed by atoms with E-state index in [1.807, 2.05) is 16.9 Å². The summed E-state index contributed by atoms with van der Waals surface area (Å²) in [6.07, 6.45) is 8.88. The third-order valence-electron chi connectivity index (χ3n) is 5.24. The number of piperazine rings is 1. The molecule has 0 spiro atoms. The zero-order valence-electron chi connectivity index (χ0n) is 17.1. The fourth-order valence-electron chi connectivity index (χ4n) is 3.66. The molecule has 3 aromatic rings. The van der Waals surface area contributed by atoms with Gasteiger partial charge >= 0.3 is 0 Å². The second kappa shape index (κ2) is 9.18. The van der Waals surface area contributed by atoms with Crippen molar-refractivity contribution in [2.45, 2.75) is 12.6 Å². The van der Waals surface area contributed by atoms with Crippen LogP contribution in [0.3, 0.4) is 0 Å². The van der Waals surface area contributed by atoms with Crippen LogP contribution in [0.1, 0.15) is 0 Å². The van der Waals surface area contributed by atoms with E-state index in [0.29, 0.717) is 18.4 Å². The van der Waals surface area contributed by atoms with Crippen molar-refractivity contribution < 1.29 is 4.74 Å². The van der Waals surface area contributed by atoms with Crippen LogP contribution in [-0.2, 0) is 11.3 Å². The molecule has 0 amide bonds. The average Bonchev–Trinajstić information content (AvgIpc) is 3.27. The molecule has 0 bridgehead atoms. The van der Waals surface area contributed by atoms with Crippen molar-refractivity contribution in [2.75, 3.05) is 61.0 Å². The first-order valence-electron chi connectivity index (χ1n) is 10.4. The number of anilines is 4. The summed E-state index contributed by atoms with van der Waals surface area (Å²) in [6, 6.07) is 1.82. The summed E-state index contributed by atoms with van der Waals surface area (Å²) in [4.78, 5) is 26.2. The largest absolute Gasteiger partial charge is 0.374 e. The molecule has 2 saturated heterocycles. The minimum atomic E-state index is 0.130. The quantitative estimate of drug-likeness (QED) is 0.553. The van der Waals surface area contributed by atoms with Crippen LogP contribution in [0.2, 0.25) is 0 Å². The molecule has 2 N–H and O–H groups in total. The van der Waals surface area contributed by atoms with Gasteiger partial charge in [0.15, 0.2) is 0 Å². The van der Waals surface area contributed by atoms with Gasteiger partial charge in [-0.1, -0.05) is 0 Å². The molecule has 2 aliphatic heterocycles. The third kappa shape index (κ3) is 4.86. The Labute approximate surface area is 179 Å². The highest BCUT2D eigenvalue weighted by atomic mass is 16.5. The molecule has 0 aromatic carbocycles. The van der Waals surface area contributed by atoms with E-state index in [4.69, 9.17) is 4.74 Å². The van der Waals surface area contributed by atoms with Crippen LogP contribution in [0.4, 0.5) is 23.5 Å². The summed E-state index contributed by atoms with van der Waals surface area (Å²) < 4.78 is 7.60. The molecule has 0 saturated carbocycles. The molecular formula is C19H25N11O. The van der Waals surface area contributed by atoms with Gasteiger partial charge in [0.05, 0.1) is 31.1 Å². The van der Waals surface area contributed by atoms with Crippen LogP contribution in [0.25, 0.3) is 0 Å². The normalized spacial score (nSPS) is 19.4. The molecule has 5 heterocycles. The Balaban J connectivity index is 1.18. The van der Waals surface area contributed by atoms with Gasteiger partial charge in [0.25, 0.3) is 0 Å². The van der Waals surface area contributed by atoms with Gasteiger partial charge in [-0.25, -0.2) is 19.9 Å². The fourth-order valence-corrected chi connectivity index (χ4v) is 3.66. The zero-order chi connectivity index (χ0) is 20.9. The Morgan fingerprint density at radius 3 is 2.61 bits per heavy atom. The lowest BCUT2D eigenvalue weighted by Crippen LogP contribution is -2.47. The number of nitrogens with zero attached hydrogens (tertiary/aromatic N) is 9. The number of morpholine rings is 1. The van der Waals surface area contributed by atoms with Gasteiger partial charge in [-0.3, -0.25) is 4.68 Å². The zero-order valence-corrected chi connectivity index (χ0v) is 17.1. The Morgan fingerprint density at radius 1 is 1.03 bits per heavy atom. The van der Waals surface area contributed by atoms with E-state index >= 15 is 0 Å².